The van der Waals surface area contributed by atoms with Gasteiger partial charge in [-0.25, -0.2) is 13.4 Å². The molecule has 2 aliphatic heterocycles. The minimum Gasteiger partial charge on any atom is -0.495 e. The summed E-state index contributed by atoms with van der Waals surface area (Å²) in [5.41, 5.74) is 0.411. The Hall–Kier alpha value is -3.00. The highest BCUT2D eigenvalue weighted by molar-refractivity contribution is 7.89. The van der Waals surface area contributed by atoms with Gasteiger partial charge in [-0.1, -0.05) is 12.1 Å². The summed E-state index contributed by atoms with van der Waals surface area (Å²) >= 11 is 1.18. The number of likely N-dealkylation sites (N-methyl/N-ethyl adjacent to an activating group) is 1. The van der Waals surface area contributed by atoms with E-state index in [9.17, 15) is 18.0 Å². The lowest BCUT2D eigenvalue weighted by Gasteiger charge is -2.36. The maximum Gasteiger partial charge on any atom is 0.263 e. The van der Waals surface area contributed by atoms with Gasteiger partial charge in [0, 0.05) is 57.2 Å². The van der Waals surface area contributed by atoms with Crippen molar-refractivity contribution in [3.8, 4) is 5.75 Å². The van der Waals surface area contributed by atoms with Crippen LogP contribution in [0.2, 0.25) is 0 Å². The number of sulfonamides is 1. The molecule has 0 bridgehead atoms. The van der Waals surface area contributed by atoms with Gasteiger partial charge in [-0.05, 0) is 26.1 Å². The van der Waals surface area contributed by atoms with E-state index >= 15 is 0 Å². The van der Waals surface area contributed by atoms with Crippen molar-refractivity contribution in [1.82, 2.24) is 23.7 Å². The smallest absolute Gasteiger partial charge is 0.263 e. The summed E-state index contributed by atoms with van der Waals surface area (Å²) in [6.45, 7) is 5.78. The fourth-order valence-corrected chi connectivity index (χ4v) is 8.12. The van der Waals surface area contributed by atoms with Gasteiger partial charge in [0.25, 0.3) is 5.56 Å². The number of hydrogen-bond donors (Lipinski definition) is 0. The van der Waals surface area contributed by atoms with Gasteiger partial charge in [0.05, 0.1) is 24.5 Å². The zero-order valence-electron chi connectivity index (χ0n) is 21.8. The van der Waals surface area contributed by atoms with Crippen LogP contribution in [0.1, 0.15) is 4.88 Å². The van der Waals surface area contributed by atoms with E-state index in [2.05, 4.69) is 14.8 Å². The van der Waals surface area contributed by atoms with E-state index in [-0.39, 0.29) is 35.8 Å². The topological polar surface area (TPSA) is 108 Å². The number of thiophene rings is 1. The Balaban J connectivity index is 1.40. The molecule has 13 heteroatoms. The normalized spacial score (nSPS) is 17.8. The van der Waals surface area contributed by atoms with Gasteiger partial charge < -0.3 is 19.4 Å². The Labute approximate surface area is 225 Å². The molecule has 11 nitrogen and oxygen atoms in total. The SMILES string of the molecule is COc1ccccc1N1CCN(S(=O)(=O)c2c(C)sc3ncn(CC(=O)N4CCN(C)CC4)c(=O)c23)CC1. The van der Waals surface area contributed by atoms with Crippen molar-refractivity contribution in [2.75, 3.05) is 71.4 Å². The molecule has 3 aromatic rings. The Morgan fingerprint density at radius 3 is 2.42 bits per heavy atom. The number of ether oxygens (including phenoxy) is 1. The van der Waals surface area contributed by atoms with E-state index in [0.29, 0.717) is 35.9 Å². The predicted octanol–water partition coefficient (Wildman–Crippen LogP) is 1.06. The number of hydrogen-bond acceptors (Lipinski definition) is 9. The zero-order chi connectivity index (χ0) is 27.0. The number of para-hydroxylation sites is 2. The first-order valence-electron chi connectivity index (χ1n) is 12.5. The van der Waals surface area contributed by atoms with Crippen LogP contribution in [0.15, 0.2) is 40.3 Å². The van der Waals surface area contributed by atoms with Crippen LogP contribution in [0, 0.1) is 6.92 Å². The van der Waals surface area contributed by atoms with Crippen molar-refractivity contribution in [2.24, 2.45) is 0 Å². The van der Waals surface area contributed by atoms with Crippen molar-refractivity contribution < 1.29 is 17.9 Å². The fraction of sp³-hybridized carbons (Fsp3) is 0.480. The summed E-state index contributed by atoms with van der Waals surface area (Å²) < 4.78 is 35.8. The molecule has 2 saturated heterocycles. The number of aryl methyl sites for hydroxylation is 1. The van der Waals surface area contributed by atoms with Crippen LogP contribution in [-0.2, 0) is 21.4 Å². The summed E-state index contributed by atoms with van der Waals surface area (Å²) in [5.74, 6) is 0.561. The van der Waals surface area contributed by atoms with Gasteiger partial charge in [0.15, 0.2) is 0 Å². The first-order chi connectivity index (χ1) is 18.2. The number of nitrogens with zero attached hydrogens (tertiary/aromatic N) is 6. The number of aromatic nitrogens is 2. The van der Waals surface area contributed by atoms with Gasteiger partial charge in [-0.2, -0.15) is 4.31 Å². The molecule has 0 unspecified atom stereocenters. The molecule has 0 saturated carbocycles. The standard InChI is InChI=1S/C25H32N6O5S2/c1-18-23(38(34,35)31-14-12-28(13-15-31)19-6-4-5-7-20(19)36-3)22-24(37-18)26-17-30(25(22)33)16-21(32)29-10-8-27(2)9-11-29/h4-7,17H,8-16H2,1-3H3. The highest BCUT2D eigenvalue weighted by Crippen LogP contribution is 2.34. The van der Waals surface area contributed by atoms with Crippen molar-refractivity contribution in [3.05, 3.63) is 45.8 Å². The molecule has 2 fully saturated rings. The van der Waals surface area contributed by atoms with Crippen molar-refractivity contribution >= 4 is 43.2 Å². The molecule has 2 aliphatic rings. The van der Waals surface area contributed by atoms with Crippen LogP contribution in [-0.4, -0.2) is 104 Å². The van der Waals surface area contributed by atoms with E-state index in [1.54, 1.807) is 18.9 Å². The van der Waals surface area contributed by atoms with Crippen LogP contribution in [0.25, 0.3) is 10.2 Å². The van der Waals surface area contributed by atoms with E-state index in [0.717, 1.165) is 24.5 Å². The first-order valence-corrected chi connectivity index (χ1v) is 14.8. The van der Waals surface area contributed by atoms with E-state index in [4.69, 9.17) is 4.74 Å². The van der Waals surface area contributed by atoms with E-state index < -0.39 is 15.6 Å². The van der Waals surface area contributed by atoms with Gasteiger partial charge >= 0.3 is 0 Å². The Morgan fingerprint density at radius 1 is 1.05 bits per heavy atom. The minimum absolute atomic E-state index is 0.00198. The number of benzene rings is 1. The number of carbonyl (C=O) groups excluding carboxylic acids is 1. The average molecular weight is 561 g/mol. The summed E-state index contributed by atoms with van der Waals surface area (Å²) in [6, 6.07) is 7.66. The third kappa shape index (κ3) is 4.91. The maximum atomic E-state index is 13.8. The molecule has 1 aromatic carbocycles. The van der Waals surface area contributed by atoms with E-state index in [1.165, 1.54) is 26.5 Å². The van der Waals surface area contributed by atoms with Gasteiger partial charge in [0.2, 0.25) is 15.9 Å². The summed E-state index contributed by atoms with van der Waals surface area (Å²) in [4.78, 5) is 37.6. The summed E-state index contributed by atoms with van der Waals surface area (Å²) in [6.07, 6.45) is 1.34. The Morgan fingerprint density at radius 2 is 1.74 bits per heavy atom. The van der Waals surface area contributed by atoms with Crippen LogP contribution in [0.5, 0.6) is 5.75 Å². The molecule has 0 N–H and O–H groups in total. The highest BCUT2D eigenvalue weighted by atomic mass is 32.2. The van der Waals surface area contributed by atoms with Gasteiger partial charge in [-0.3, -0.25) is 14.2 Å². The Kier molecular flexibility index (Phi) is 7.45. The molecular weight excluding hydrogens is 528 g/mol. The maximum absolute atomic E-state index is 13.8. The molecule has 5 rings (SSSR count). The molecule has 0 aliphatic carbocycles. The molecule has 2 aromatic heterocycles. The number of fused-ring (bicyclic) bond motifs is 1. The van der Waals surface area contributed by atoms with Gasteiger partial charge in [-0.15, -0.1) is 11.3 Å². The number of rotatable bonds is 6. The number of amides is 1. The third-order valence-electron chi connectivity index (χ3n) is 7.22. The second-order valence-electron chi connectivity index (χ2n) is 9.59. The average Bonchev–Trinajstić information content (AvgIpc) is 3.28. The summed E-state index contributed by atoms with van der Waals surface area (Å²) in [7, 11) is -0.342. The van der Waals surface area contributed by atoms with Crippen LogP contribution >= 0.6 is 11.3 Å². The number of anilines is 1. The fourth-order valence-electron chi connectivity index (χ4n) is 5.03. The number of carbonyl (C=O) groups is 1. The van der Waals surface area contributed by atoms with Crippen LogP contribution in [0.4, 0.5) is 5.69 Å². The first kappa shape index (κ1) is 26.6. The lowest BCUT2D eigenvalue weighted by atomic mass is 10.2. The van der Waals surface area contributed by atoms with E-state index in [1.807, 2.05) is 31.3 Å². The molecule has 1 amide bonds. The number of piperazine rings is 2. The molecule has 4 heterocycles. The molecule has 0 atom stereocenters. The molecule has 38 heavy (non-hydrogen) atoms. The zero-order valence-corrected chi connectivity index (χ0v) is 23.4. The summed E-state index contributed by atoms with van der Waals surface area (Å²) in [5, 5.41) is 0.0633. The van der Waals surface area contributed by atoms with Crippen LogP contribution < -0.4 is 15.2 Å². The van der Waals surface area contributed by atoms with Crippen molar-refractivity contribution in [3.63, 3.8) is 0 Å². The third-order valence-corrected chi connectivity index (χ3v) is 10.4. The van der Waals surface area contributed by atoms with Gasteiger partial charge in [0.1, 0.15) is 22.0 Å². The largest absolute Gasteiger partial charge is 0.495 e. The molecule has 0 radical (unpaired) electrons. The Bertz CT molecular complexity index is 1500. The minimum atomic E-state index is -3.96. The molecular formula is C25H32N6O5S2. The lowest BCUT2D eigenvalue weighted by Crippen LogP contribution is -2.49. The number of methoxy groups -OCH3 is 1. The lowest BCUT2D eigenvalue weighted by molar-refractivity contribution is -0.133. The monoisotopic (exact) mass is 560 g/mol. The second kappa shape index (κ2) is 10.6. The molecule has 204 valence electrons. The second-order valence-corrected chi connectivity index (χ2v) is 12.7. The predicted molar refractivity (Wildman–Crippen MR) is 147 cm³/mol. The van der Waals surface area contributed by atoms with Crippen molar-refractivity contribution in [2.45, 2.75) is 18.4 Å². The van der Waals surface area contributed by atoms with Crippen LogP contribution in [0.3, 0.4) is 0 Å². The van der Waals surface area contributed by atoms with Crippen molar-refractivity contribution in [1.29, 1.82) is 0 Å². The molecule has 0 spiro atoms. The quantitative estimate of drug-likeness (QED) is 0.441. The highest BCUT2D eigenvalue weighted by Gasteiger charge is 2.34.